The Kier molecular flexibility index (Phi) is 5.40. The number of fused-ring (bicyclic) bond motifs is 1. The topological polar surface area (TPSA) is 93.1 Å². The van der Waals surface area contributed by atoms with E-state index in [0.29, 0.717) is 15.4 Å². The third-order valence-electron chi connectivity index (χ3n) is 7.67. The largest absolute Gasteiger partial charge is 0.332 e. The molecule has 0 spiro atoms. The van der Waals surface area contributed by atoms with Crippen LogP contribution in [-0.2, 0) is 11.8 Å². The minimum absolute atomic E-state index is 0.105. The van der Waals surface area contributed by atoms with Gasteiger partial charge in [0.15, 0.2) is 5.16 Å². The first-order valence-electron chi connectivity index (χ1n) is 11.4. The SMILES string of the molecule is Cc1sc2nc(SC(C)C(=O)NC(=O)NC34CC5CC(CC(C5)C3)C4)n(C)c(=O)c2c1C. The van der Waals surface area contributed by atoms with Crippen molar-refractivity contribution in [3.8, 4) is 0 Å². The lowest BCUT2D eigenvalue weighted by Crippen LogP contribution is -2.62. The number of hydrogen-bond acceptors (Lipinski definition) is 6. The Bertz CT molecular complexity index is 1130. The molecule has 7 nitrogen and oxygen atoms in total. The molecular weight excluding hydrogens is 444 g/mol. The zero-order chi connectivity index (χ0) is 22.8. The highest BCUT2D eigenvalue weighted by Gasteiger charge is 2.51. The monoisotopic (exact) mass is 474 g/mol. The van der Waals surface area contributed by atoms with Gasteiger partial charge in [-0.15, -0.1) is 11.3 Å². The Morgan fingerprint density at radius 1 is 1.16 bits per heavy atom. The molecule has 4 bridgehead atoms. The lowest BCUT2D eigenvalue weighted by molar-refractivity contribution is -0.119. The zero-order valence-corrected chi connectivity index (χ0v) is 20.6. The fourth-order valence-electron chi connectivity index (χ4n) is 6.42. The van der Waals surface area contributed by atoms with E-state index >= 15 is 0 Å². The molecule has 9 heteroatoms. The van der Waals surface area contributed by atoms with Crippen LogP contribution in [0.4, 0.5) is 4.79 Å². The molecule has 0 aliphatic heterocycles. The number of carbonyl (C=O) groups is 2. The summed E-state index contributed by atoms with van der Waals surface area (Å²) in [6.45, 7) is 5.65. The molecule has 3 amide bonds. The van der Waals surface area contributed by atoms with Gasteiger partial charge in [-0.1, -0.05) is 11.8 Å². The van der Waals surface area contributed by atoms with E-state index in [1.54, 1.807) is 14.0 Å². The Hall–Kier alpha value is -1.87. The van der Waals surface area contributed by atoms with Crippen LogP contribution in [0.3, 0.4) is 0 Å². The van der Waals surface area contributed by atoms with Crippen LogP contribution < -0.4 is 16.2 Å². The maximum atomic E-state index is 12.8. The predicted molar refractivity (Wildman–Crippen MR) is 127 cm³/mol. The summed E-state index contributed by atoms with van der Waals surface area (Å²) in [6, 6.07) is -0.397. The summed E-state index contributed by atoms with van der Waals surface area (Å²) in [5, 5.41) is 6.28. The molecule has 1 atom stereocenters. The van der Waals surface area contributed by atoms with Crippen LogP contribution in [0.1, 0.15) is 55.9 Å². The standard InChI is InChI=1S/C23H30N4O3S2/c1-11-12(2)31-19-17(11)20(29)27(4)22(25-19)32-13(3)18(28)24-21(30)26-23-8-14-5-15(9-23)7-16(6-14)10-23/h13-16H,5-10H2,1-4H3,(H2,24,26,28,30). The summed E-state index contributed by atoms with van der Waals surface area (Å²) in [5.74, 6) is 1.79. The van der Waals surface area contributed by atoms with Crippen molar-refractivity contribution in [2.45, 2.75) is 75.2 Å². The number of carbonyl (C=O) groups excluding carboxylic acids is 2. The Balaban J connectivity index is 1.25. The average Bonchev–Trinajstić information content (AvgIpc) is 2.97. The number of hydrogen-bond donors (Lipinski definition) is 2. The normalized spacial score (nSPS) is 29.3. The zero-order valence-electron chi connectivity index (χ0n) is 19.0. The van der Waals surface area contributed by atoms with Crippen molar-refractivity contribution in [1.82, 2.24) is 20.2 Å². The van der Waals surface area contributed by atoms with Crippen LogP contribution in [0.15, 0.2) is 9.95 Å². The van der Waals surface area contributed by atoms with E-state index in [9.17, 15) is 14.4 Å². The third kappa shape index (κ3) is 3.77. The van der Waals surface area contributed by atoms with Gasteiger partial charge in [0.2, 0.25) is 5.91 Å². The number of rotatable bonds is 4. The van der Waals surface area contributed by atoms with E-state index in [2.05, 4.69) is 15.6 Å². The minimum Gasteiger partial charge on any atom is -0.332 e. The van der Waals surface area contributed by atoms with Gasteiger partial charge in [0, 0.05) is 17.5 Å². The molecule has 4 aliphatic rings. The Labute approximate surface area is 195 Å². The number of amides is 3. The van der Waals surface area contributed by atoms with Gasteiger partial charge in [0.25, 0.3) is 5.56 Å². The molecule has 0 saturated heterocycles. The van der Waals surface area contributed by atoms with Crippen molar-refractivity contribution in [2.24, 2.45) is 24.8 Å². The summed E-state index contributed by atoms with van der Waals surface area (Å²) >= 11 is 2.69. The van der Waals surface area contributed by atoms with Crippen LogP contribution in [-0.4, -0.2) is 32.3 Å². The Morgan fingerprint density at radius 3 is 2.34 bits per heavy atom. The van der Waals surface area contributed by atoms with Crippen molar-refractivity contribution in [3.05, 3.63) is 20.8 Å². The first-order valence-corrected chi connectivity index (χ1v) is 13.1. The van der Waals surface area contributed by atoms with E-state index in [1.807, 2.05) is 13.8 Å². The molecule has 1 unspecified atom stereocenters. The van der Waals surface area contributed by atoms with Gasteiger partial charge in [-0.25, -0.2) is 9.78 Å². The van der Waals surface area contributed by atoms with Crippen molar-refractivity contribution in [1.29, 1.82) is 0 Å². The Morgan fingerprint density at radius 2 is 1.75 bits per heavy atom. The van der Waals surface area contributed by atoms with E-state index < -0.39 is 11.3 Å². The molecule has 172 valence electrons. The van der Waals surface area contributed by atoms with Gasteiger partial charge in [0.05, 0.1) is 10.6 Å². The summed E-state index contributed by atoms with van der Waals surface area (Å²) in [4.78, 5) is 44.7. The predicted octanol–water partition coefficient (Wildman–Crippen LogP) is 3.89. The third-order valence-corrected chi connectivity index (χ3v) is 9.92. The van der Waals surface area contributed by atoms with Gasteiger partial charge >= 0.3 is 6.03 Å². The number of nitrogens with zero attached hydrogens (tertiary/aromatic N) is 2. The van der Waals surface area contributed by atoms with Gasteiger partial charge in [0.1, 0.15) is 4.83 Å². The summed E-state index contributed by atoms with van der Waals surface area (Å²) < 4.78 is 1.49. The maximum Gasteiger partial charge on any atom is 0.321 e. The van der Waals surface area contributed by atoms with Crippen molar-refractivity contribution < 1.29 is 9.59 Å². The molecule has 2 aromatic rings. The molecule has 4 fully saturated rings. The second kappa shape index (κ2) is 7.87. The number of aromatic nitrogens is 2. The molecule has 4 saturated carbocycles. The van der Waals surface area contributed by atoms with E-state index in [0.717, 1.165) is 47.5 Å². The van der Waals surface area contributed by atoms with E-state index in [1.165, 1.54) is 46.9 Å². The molecule has 2 N–H and O–H groups in total. The molecule has 2 aromatic heterocycles. The number of thiophene rings is 1. The lowest BCUT2D eigenvalue weighted by Gasteiger charge is -2.56. The van der Waals surface area contributed by atoms with Crippen molar-refractivity contribution >= 4 is 45.3 Å². The van der Waals surface area contributed by atoms with Crippen molar-refractivity contribution in [2.75, 3.05) is 0 Å². The van der Waals surface area contributed by atoms with Crippen LogP contribution in [0, 0.1) is 31.6 Å². The fourth-order valence-corrected chi connectivity index (χ4v) is 8.37. The molecule has 4 aliphatic carbocycles. The smallest absolute Gasteiger partial charge is 0.321 e. The first kappa shape index (κ1) is 21.9. The van der Waals surface area contributed by atoms with E-state index in [4.69, 9.17) is 0 Å². The summed E-state index contributed by atoms with van der Waals surface area (Å²) in [7, 11) is 1.67. The maximum absolute atomic E-state index is 12.8. The molecule has 0 aromatic carbocycles. The molecular formula is C23H30N4O3S2. The van der Waals surface area contributed by atoms with Gasteiger partial charge < -0.3 is 5.32 Å². The van der Waals surface area contributed by atoms with Crippen LogP contribution in [0.5, 0.6) is 0 Å². The number of thioether (sulfide) groups is 1. The minimum atomic E-state index is -0.560. The highest BCUT2D eigenvalue weighted by molar-refractivity contribution is 8.00. The fraction of sp³-hybridized carbons (Fsp3) is 0.652. The van der Waals surface area contributed by atoms with Gasteiger partial charge in [-0.3, -0.25) is 19.5 Å². The number of urea groups is 1. The van der Waals surface area contributed by atoms with Crippen LogP contribution in [0.25, 0.3) is 10.2 Å². The number of nitrogens with one attached hydrogen (secondary N) is 2. The molecule has 2 heterocycles. The summed E-state index contributed by atoms with van der Waals surface area (Å²) in [5.41, 5.74) is 0.717. The molecule has 6 rings (SSSR count). The molecule has 0 radical (unpaired) electrons. The van der Waals surface area contributed by atoms with Crippen LogP contribution in [0.2, 0.25) is 0 Å². The average molecular weight is 475 g/mol. The van der Waals surface area contributed by atoms with E-state index in [-0.39, 0.29) is 17.0 Å². The summed E-state index contributed by atoms with van der Waals surface area (Å²) in [6.07, 6.45) is 7.02. The lowest BCUT2D eigenvalue weighted by atomic mass is 9.53. The first-order chi connectivity index (χ1) is 15.1. The number of aryl methyl sites for hydroxylation is 2. The number of imide groups is 1. The highest BCUT2D eigenvalue weighted by Crippen LogP contribution is 2.55. The highest BCUT2D eigenvalue weighted by atomic mass is 32.2. The van der Waals surface area contributed by atoms with Crippen molar-refractivity contribution in [3.63, 3.8) is 0 Å². The quantitative estimate of drug-likeness (QED) is 0.518. The second-order valence-corrected chi connectivity index (χ2v) is 12.6. The van der Waals surface area contributed by atoms with Crippen LogP contribution >= 0.6 is 23.1 Å². The van der Waals surface area contributed by atoms with Gasteiger partial charge in [-0.05, 0) is 82.6 Å². The van der Waals surface area contributed by atoms with Gasteiger partial charge in [-0.2, -0.15) is 0 Å². The molecule has 32 heavy (non-hydrogen) atoms. The second-order valence-electron chi connectivity index (χ2n) is 10.1.